The molecule has 0 nitrogen and oxygen atoms in total. The molecule has 0 fully saturated rings. The Labute approximate surface area is 95.9 Å². The van der Waals surface area contributed by atoms with Crippen LogP contribution in [0.25, 0.3) is 0 Å². The van der Waals surface area contributed by atoms with Crippen molar-refractivity contribution in [3.05, 3.63) is 0 Å². The van der Waals surface area contributed by atoms with E-state index in [1.165, 1.54) is 12.1 Å². The monoisotopic (exact) mass is 324 g/mol. The molecule has 13 heavy (non-hydrogen) atoms. The van der Waals surface area contributed by atoms with E-state index < -0.39 is 27.8 Å². The molecule has 0 aromatic heterocycles. The summed E-state index contributed by atoms with van der Waals surface area (Å²) >= 11 is -0.543. The van der Waals surface area contributed by atoms with Crippen LogP contribution in [0.3, 0.4) is 0 Å². The fourth-order valence-corrected chi connectivity index (χ4v) is 5.62. The van der Waals surface area contributed by atoms with Gasteiger partial charge in [0.05, 0.1) is 0 Å². The Morgan fingerprint density at radius 1 is 1.00 bits per heavy atom. The van der Waals surface area contributed by atoms with E-state index in [0.29, 0.717) is 0 Å². The quantitative estimate of drug-likeness (QED) is 0.673. The van der Waals surface area contributed by atoms with Crippen molar-refractivity contribution in [2.24, 2.45) is 0 Å². The molecule has 80 valence electrons. The van der Waals surface area contributed by atoms with Crippen LogP contribution < -0.4 is 0 Å². The second-order valence-electron chi connectivity index (χ2n) is 5.77. The summed E-state index contributed by atoms with van der Waals surface area (Å²) in [6, 6.07) is 3.06. The summed E-state index contributed by atoms with van der Waals surface area (Å²) in [6.07, 6.45) is 0. The van der Waals surface area contributed by atoms with Crippen molar-refractivity contribution in [1.29, 1.82) is 0 Å². The third-order valence-electron chi connectivity index (χ3n) is 1.37. The fraction of sp³-hybridized carbons (Fsp3) is 1.00. The van der Waals surface area contributed by atoms with Crippen molar-refractivity contribution in [2.75, 3.05) is 0 Å². The molecule has 0 amide bonds. The van der Waals surface area contributed by atoms with Crippen LogP contribution in [0.4, 0.5) is 0 Å². The molecule has 0 aliphatic heterocycles. The molecular formula is C10H28Si2Sn. The van der Waals surface area contributed by atoms with E-state index in [2.05, 4.69) is 47.6 Å². The average Bonchev–Trinajstić information content (AvgIpc) is 1.80. The van der Waals surface area contributed by atoms with Crippen molar-refractivity contribution in [3.63, 3.8) is 0 Å². The molecule has 0 unspecified atom stereocenters. The molecule has 0 saturated heterocycles. The Hall–Kier alpha value is 1.23. The van der Waals surface area contributed by atoms with E-state index in [4.69, 9.17) is 0 Å². The summed E-state index contributed by atoms with van der Waals surface area (Å²) in [5.74, 6) is 0. The van der Waals surface area contributed by atoms with Gasteiger partial charge >= 0.3 is 34.6 Å². The standard InChI is InChI=1S/C7H19Si2.3CH3.Sn/c1-8(2)6-7-9(3,4)5;;;;/h6-7H2,1-5H3;3*1H3;. The van der Waals surface area contributed by atoms with Crippen LogP contribution in [0.15, 0.2) is 0 Å². The molecule has 0 spiro atoms. The summed E-state index contributed by atoms with van der Waals surface area (Å²) in [7, 11) is -0.627. The minimum absolute atomic E-state index is 0.0672. The number of hydrogen-bond donors (Lipinski definition) is 0. The van der Waals surface area contributed by atoms with E-state index in [9.17, 15) is 0 Å². The molecule has 0 N–H and O–H groups in total. The summed E-state index contributed by atoms with van der Waals surface area (Å²) in [4.78, 5) is 7.09. The number of rotatable bonds is 3. The zero-order valence-electron chi connectivity index (χ0n) is 10.9. The molecular weight excluding hydrogens is 295 g/mol. The van der Waals surface area contributed by atoms with Gasteiger partial charge in [0.25, 0.3) is 0 Å². The molecule has 0 atom stereocenters. The van der Waals surface area contributed by atoms with Crippen molar-refractivity contribution in [2.45, 2.75) is 59.6 Å². The van der Waals surface area contributed by atoms with Crippen LogP contribution in [0.5, 0.6) is 0 Å². The van der Waals surface area contributed by atoms with Crippen molar-refractivity contribution >= 4 is 36.6 Å². The minimum atomic E-state index is -0.695. The van der Waals surface area contributed by atoms with Crippen LogP contribution in [0.1, 0.15) is 0 Å². The molecule has 0 bridgehead atoms. The molecule has 0 saturated carbocycles. The topological polar surface area (TPSA) is 0 Å². The van der Waals surface area contributed by atoms with Gasteiger partial charge in [0.1, 0.15) is 0 Å². The van der Waals surface area contributed by atoms with Gasteiger partial charge in [-0.15, -0.1) is 0 Å². The molecule has 0 aromatic rings. The second-order valence-corrected chi connectivity index (χ2v) is 22.9. The third kappa shape index (κ3) is 31.9. The maximum atomic E-state index is 2.46. The van der Waals surface area contributed by atoms with Crippen LogP contribution in [0.2, 0.25) is 59.6 Å². The van der Waals surface area contributed by atoms with Crippen molar-refractivity contribution < 1.29 is 0 Å². The zero-order chi connectivity index (χ0) is 11.1. The predicted molar refractivity (Wildman–Crippen MR) is 73.8 cm³/mol. The SMILES string of the molecule is C[Si](C)CC[Si](C)(C)C.[CH3][Sn]([CH3])[CH3]. The van der Waals surface area contributed by atoms with Crippen LogP contribution in [0, 0.1) is 0 Å². The van der Waals surface area contributed by atoms with Crippen molar-refractivity contribution in [1.82, 2.24) is 0 Å². The molecule has 3 heteroatoms. The van der Waals surface area contributed by atoms with Crippen LogP contribution in [-0.2, 0) is 0 Å². The number of hydrogen-bond acceptors (Lipinski definition) is 0. The molecule has 0 aliphatic rings. The second kappa shape index (κ2) is 8.53. The molecule has 0 rings (SSSR count). The van der Waals surface area contributed by atoms with E-state index in [1.807, 2.05) is 0 Å². The first kappa shape index (κ1) is 16.7. The molecule has 0 aromatic carbocycles. The molecule has 0 heterocycles. The van der Waals surface area contributed by atoms with Gasteiger partial charge in [0, 0.05) is 16.9 Å². The fourth-order valence-electron chi connectivity index (χ4n) is 0.625. The Morgan fingerprint density at radius 3 is 1.38 bits per heavy atom. The summed E-state index contributed by atoms with van der Waals surface area (Å²) in [6.45, 7) is 12.2. The maximum absolute atomic E-state index is 2.46. The van der Waals surface area contributed by atoms with Gasteiger partial charge in [-0.05, 0) is 0 Å². The Balaban J connectivity index is 0. The zero-order valence-corrected chi connectivity index (χ0v) is 15.8. The predicted octanol–water partition coefficient (Wildman–Crippen LogP) is 4.45. The Bertz CT molecular complexity index is 103. The average molecular weight is 323 g/mol. The normalized spacial score (nSPS) is 11.5. The van der Waals surface area contributed by atoms with Gasteiger partial charge in [-0.3, -0.25) is 0 Å². The van der Waals surface area contributed by atoms with Crippen LogP contribution in [-0.4, -0.2) is 36.6 Å². The first-order valence-corrected chi connectivity index (χ1v) is 20.2. The first-order valence-electron chi connectivity index (χ1n) is 5.21. The van der Waals surface area contributed by atoms with Gasteiger partial charge in [-0.1, -0.05) is 44.8 Å². The Kier molecular flexibility index (Phi) is 10.9. The van der Waals surface area contributed by atoms with Gasteiger partial charge < -0.3 is 0 Å². The first-order chi connectivity index (χ1) is 5.65. The van der Waals surface area contributed by atoms with Crippen molar-refractivity contribution in [3.8, 4) is 0 Å². The third-order valence-corrected chi connectivity index (χ3v) is 4.87. The van der Waals surface area contributed by atoms with Gasteiger partial charge in [0.2, 0.25) is 0 Å². The summed E-state index contributed by atoms with van der Waals surface area (Å²) in [5, 5.41) is 0. The molecule has 0 aliphatic carbocycles. The van der Waals surface area contributed by atoms with E-state index >= 15 is 0 Å². The summed E-state index contributed by atoms with van der Waals surface area (Å²) in [5.41, 5.74) is 0. The van der Waals surface area contributed by atoms with E-state index in [0.717, 1.165) is 0 Å². The van der Waals surface area contributed by atoms with Gasteiger partial charge in [-0.2, -0.15) is 0 Å². The van der Waals surface area contributed by atoms with E-state index in [-0.39, 0.29) is 8.80 Å². The van der Waals surface area contributed by atoms with Crippen LogP contribution >= 0.6 is 0 Å². The van der Waals surface area contributed by atoms with E-state index in [1.54, 1.807) is 0 Å². The van der Waals surface area contributed by atoms with Gasteiger partial charge in [-0.25, -0.2) is 0 Å². The van der Waals surface area contributed by atoms with Gasteiger partial charge in [0.15, 0.2) is 0 Å². The molecule has 2 radical (unpaired) electrons. The Morgan fingerprint density at radius 2 is 1.31 bits per heavy atom. The summed E-state index contributed by atoms with van der Waals surface area (Å²) < 4.78 is 0.